The van der Waals surface area contributed by atoms with Crippen LogP contribution in [-0.4, -0.2) is 6.61 Å². The van der Waals surface area contributed by atoms with E-state index in [1.54, 1.807) is 0 Å². The molecule has 0 aliphatic rings. The fourth-order valence-corrected chi connectivity index (χ4v) is 2.40. The van der Waals surface area contributed by atoms with E-state index >= 15 is 0 Å². The molecule has 1 aromatic rings. The Bertz CT molecular complexity index is 366. The molecule has 0 saturated carbocycles. The molecule has 86 valence electrons. The molecule has 0 amide bonds. The molecule has 0 heterocycles. The summed E-state index contributed by atoms with van der Waals surface area (Å²) in [6.45, 7) is 6.46. The zero-order valence-corrected chi connectivity index (χ0v) is 11.6. The first kappa shape index (κ1) is 13.0. The molecule has 0 aliphatic carbocycles. The van der Waals surface area contributed by atoms with Gasteiger partial charge in [-0.2, -0.15) is 0 Å². The van der Waals surface area contributed by atoms with Crippen LogP contribution in [0, 0.1) is 0 Å². The van der Waals surface area contributed by atoms with Gasteiger partial charge in [-0.25, -0.2) is 0 Å². The maximum atomic E-state index is 5.70. The average molecular weight is 327 g/mol. The third kappa shape index (κ3) is 5.16. The van der Waals surface area contributed by atoms with E-state index in [2.05, 4.69) is 12.7 Å². The molecule has 0 radical (unpaired) electrons. The van der Waals surface area contributed by atoms with Gasteiger partial charge in [0.25, 0.3) is 0 Å². The van der Waals surface area contributed by atoms with Crippen LogP contribution in [0.25, 0.3) is 0 Å². The Balaban J connectivity index is 2.53. The van der Waals surface area contributed by atoms with Crippen molar-refractivity contribution in [3.8, 4) is 5.75 Å². The number of hydrogen-bond acceptors (Lipinski definition) is 1. The van der Waals surface area contributed by atoms with E-state index in [1.165, 1.54) is 3.58 Å². The molecule has 0 bridgehead atoms. The first-order valence-electron chi connectivity index (χ1n) is 5.11. The van der Waals surface area contributed by atoms with Crippen LogP contribution in [0.2, 0.25) is 0 Å². The number of para-hydroxylation sites is 1. The van der Waals surface area contributed by atoms with Crippen molar-refractivity contribution in [2.75, 3.05) is 6.61 Å². The van der Waals surface area contributed by atoms with Gasteiger partial charge in [-0.1, -0.05) is 0 Å². The molecule has 0 N–H and O–H groups in total. The predicted octanol–water partition coefficient (Wildman–Crippen LogP) is 0.758. The molecule has 2 heteroatoms. The van der Waals surface area contributed by atoms with Crippen molar-refractivity contribution in [1.29, 1.82) is 0 Å². The second kappa shape index (κ2) is 8.16. The summed E-state index contributed by atoms with van der Waals surface area (Å²) in [5.41, 5.74) is 0. The zero-order chi connectivity index (χ0) is 11.6. The van der Waals surface area contributed by atoms with E-state index in [-0.39, 0.29) is 21.2 Å². The Morgan fingerprint density at radius 3 is 2.75 bits per heavy atom. The van der Waals surface area contributed by atoms with Gasteiger partial charge in [-0.15, -0.1) is 0 Å². The van der Waals surface area contributed by atoms with E-state index in [1.807, 2.05) is 53.5 Å². The number of hydrogen-bond donors (Lipinski definition) is 0. The monoisotopic (exact) mass is 327 g/mol. The number of halogens is 1. The van der Waals surface area contributed by atoms with Gasteiger partial charge in [0.15, 0.2) is 0 Å². The number of allylic oxidation sites excluding steroid dienone is 3. The van der Waals surface area contributed by atoms with Crippen LogP contribution < -0.4 is 25.9 Å². The quantitative estimate of drug-likeness (QED) is 0.554. The van der Waals surface area contributed by atoms with Crippen LogP contribution in [-0.2, 0) is 0 Å². The van der Waals surface area contributed by atoms with Gasteiger partial charge in [0, 0.05) is 0 Å². The van der Waals surface area contributed by atoms with Crippen LogP contribution in [0.1, 0.15) is 6.92 Å². The second-order valence-corrected chi connectivity index (χ2v) is 5.89. The number of benzene rings is 1. The Morgan fingerprint density at radius 2 is 2.12 bits per heavy atom. The Kier molecular flexibility index (Phi) is 6.65. The van der Waals surface area contributed by atoms with Gasteiger partial charge in [-0.3, -0.25) is 0 Å². The van der Waals surface area contributed by atoms with Crippen LogP contribution in [0.5, 0.6) is 5.75 Å². The standard InChI is InChI=1S/C14H16IO/c1-3-5-9-13(15-4-2)12-16-14-10-7-6-8-11-14/h3-11H,2,12H2,1H3/q-1/b5-3-,13-9-. The minimum atomic E-state index is -0.100. The third-order valence-electron chi connectivity index (χ3n) is 1.81. The molecule has 1 rings (SSSR count). The van der Waals surface area contributed by atoms with E-state index in [9.17, 15) is 0 Å². The first-order chi connectivity index (χ1) is 7.86. The molecule has 0 unspecified atom stereocenters. The van der Waals surface area contributed by atoms with Crippen molar-refractivity contribution >= 4 is 0 Å². The molecular weight excluding hydrogens is 311 g/mol. The van der Waals surface area contributed by atoms with Crippen molar-refractivity contribution in [2.24, 2.45) is 0 Å². The maximum absolute atomic E-state index is 5.70. The summed E-state index contributed by atoms with van der Waals surface area (Å²) in [6, 6.07) is 9.89. The van der Waals surface area contributed by atoms with Gasteiger partial charge in [0.2, 0.25) is 0 Å². The van der Waals surface area contributed by atoms with E-state index in [0.29, 0.717) is 6.61 Å². The van der Waals surface area contributed by atoms with E-state index in [4.69, 9.17) is 4.74 Å². The van der Waals surface area contributed by atoms with Gasteiger partial charge in [0.05, 0.1) is 0 Å². The fourth-order valence-electron chi connectivity index (χ4n) is 1.08. The van der Waals surface area contributed by atoms with Crippen LogP contribution >= 0.6 is 0 Å². The molecule has 0 spiro atoms. The van der Waals surface area contributed by atoms with E-state index < -0.39 is 0 Å². The molecular formula is C14H16IO-. The van der Waals surface area contributed by atoms with Crippen LogP contribution in [0.4, 0.5) is 0 Å². The SMILES string of the molecule is C=C[I-]/C(=C\C=C/C)COc1ccccc1. The Hall–Kier alpha value is -1.03. The van der Waals surface area contributed by atoms with Crippen molar-refractivity contribution < 1.29 is 25.9 Å². The summed E-state index contributed by atoms with van der Waals surface area (Å²) in [6.07, 6.45) is 6.19. The molecule has 0 saturated heterocycles. The summed E-state index contributed by atoms with van der Waals surface area (Å²) >= 11 is -0.100. The van der Waals surface area contributed by atoms with Crippen molar-refractivity contribution in [3.63, 3.8) is 0 Å². The minimum absolute atomic E-state index is 0.100. The summed E-state index contributed by atoms with van der Waals surface area (Å²) in [5.74, 6) is 0.918. The van der Waals surface area contributed by atoms with Crippen LogP contribution in [0.15, 0.2) is 62.8 Å². The average Bonchev–Trinajstić information content (AvgIpc) is 2.34. The second-order valence-electron chi connectivity index (χ2n) is 3.00. The molecule has 16 heavy (non-hydrogen) atoms. The first-order valence-corrected chi connectivity index (χ1v) is 7.43. The van der Waals surface area contributed by atoms with Gasteiger partial charge in [-0.05, 0) is 0 Å². The van der Waals surface area contributed by atoms with Gasteiger partial charge in [0.1, 0.15) is 0 Å². The molecule has 0 aliphatic heterocycles. The summed E-state index contributed by atoms with van der Waals surface area (Å²) in [4.78, 5) is 0. The van der Waals surface area contributed by atoms with Crippen molar-refractivity contribution in [3.05, 3.63) is 62.8 Å². The fraction of sp³-hybridized carbons (Fsp3) is 0.143. The Morgan fingerprint density at radius 1 is 1.38 bits per heavy atom. The number of rotatable bonds is 6. The summed E-state index contributed by atoms with van der Waals surface area (Å²) in [5, 5.41) is 0. The summed E-state index contributed by atoms with van der Waals surface area (Å²) in [7, 11) is 0. The van der Waals surface area contributed by atoms with Gasteiger partial charge < -0.3 is 0 Å². The third-order valence-corrected chi connectivity index (χ3v) is 3.72. The number of ether oxygens (including phenoxy) is 1. The molecule has 1 aromatic carbocycles. The normalized spacial score (nSPS) is 11.9. The topological polar surface area (TPSA) is 9.23 Å². The molecule has 0 fully saturated rings. The van der Waals surface area contributed by atoms with Gasteiger partial charge >= 0.3 is 108 Å². The molecule has 0 aromatic heterocycles. The van der Waals surface area contributed by atoms with Crippen LogP contribution in [0.3, 0.4) is 0 Å². The molecule has 0 atom stereocenters. The summed E-state index contributed by atoms with van der Waals surface area (Å²) < 4.78 is 9.03. The predicted molar refractivity (Wildman–Crippen MR) is 65.0 cm³/mol. The zero-order valence-electron chi connectivity index (χ0n) is 9.40. The van der Waals surface area contributed by atoms with E-state index in [0.717, 1.165) is 5.75 Å². The Labute approximate surface area is 108 Å². The van der Waals surface area contributed by atoms with Crippen molar-refractivity contribution in [1.82, 2.24) is 0 Å². The molecule has 1 nitrogen and oxygen atoms in total. The van der Waals surface area contributed by atoms with Crippen molar-refractivity contribution in [2.45, 2.75) is 6.92 Å².